The molecule has 0 radical (unpaired) electrons. The normalized spacial score (nSPS) is 18.2. The van der Waals surface area contributed by atoms with Gasteiger partial charge in [0, 0.05) is 32.4 Å². The predicted octanol–water partition coefficient (Wildman–Crippen LogP) is 1.99. The summed E-state index contributed by atoms with van der Waals surface area (Å²) in [4.78, 5) is 26.7. The number of amides is 1. The average Bonchev–Trinajstić information content (AvgIpc) is 2.97. The zero-order valence-corrected chi connectivity index (χ0v) is 12.3. The Labute approximate surface area is 119 Å². The van der Waals surface area contributed by atoms with Crippen molar-refractivity contribution < 1.29 is 14.3 Å². The first-order valence-corrected chi connectivity index (χ1v) is 7.06. The molecule has 2 heterocycles. The maximum Gasteiger partial charge on any atom is 0.253 e. The van der Waals surface area contributed by atoms with Crippen LogP contribution in [0.5, 0.6) is 0 Å². The number of rotatable bonds is 5. The number of ketones is 1. The lowest BCUT2D eigenvalue weighted by Crippen LogP contribution is -2.27. The van der Waals surface area contributed by atoms with Gasteiger partial charge in [0.2, 0.25) is 0 Å². The van der Waals surface area contributed by atoms with Crippen molar-refractivity contribution in [3.05, 3.63) is 22.5 Å². The monoisotopic (exact) mass is 278 g/mol. The summed E-state index contributed by atoms with van der Waals surface area (Å²) in [6.45, 7) is 7.40. The molecule has 1 aliphatic rings. The van der Waals surface area contributed by atoms with Crippen molar-refractivity contribution in [2.45, 2.75) is 33.6 Å². The van der Waals surface area contributed by atoms with E-state index in [2.05, 4.69) is 10.3 Å². The third-order valence-corrected chi connectivity index (χ3v) is 3.88. The summed E-state index contributed by atoms with van der Waals surface area (Å²) in [6, 6.07) is 0. The van der Waals surface area contributed by atoms with Crippen LogP contribution < -0.4 is 5.32 Å². The molecular weight excluding hydrogens is 256 g/mol. The van der Waals surface area contributed by atoms with E-state index in [0.717, 1.165) is 37.3 Å². The molecule has 1 saturated heterocycles. The Balaban J connectivity index is 1.96. The maximum absolute atomic E-state index is 12.2. The van der Waals surface area contributed by atoms with Gasteiger partial charge in [-0.3, -0.25) is 9.59 Å². The Hall–Kier alpha value is -1.62. The molecule has 1 atom stereocenters. The van der Waals surface area contributed by atoms with E-state index in [0.29, 0.717) is 23.7 Å². The molecule has 5 nitrogen and oxygen atoms in total. The molecular formula is C15H22N2O3. The van der Waals surface area contributed by atoms with E-state index in [-0.39, 0.29) is 11.7 Å². The van der Waals surface area contributed by atoms with Gasteiger partial charge in [0.25, 0.3) is 5.91 Å². The number of nitrogens with one attached hydrogen (secondary N) is 2. The second-order valence-electron chi connectivity index (χ2n) is 5.46. The lowest BCUT2D eigenvalue weighted by Gasteiger charge is -2.09. The fraction of sp³-hybridized carbons (Fsp3) is 0.600. The van der Waals surface area contributed by atoms with Gasteiger partial charge in [-0.15, -0.1) is 0 Å². The number of ether oxygens (including phenoxy) is 1. The van der Waals surface area contributed by atoms with E-state index in [4.69, 9.17) is 4.74 Å². The topological polar surface area (TPSA) is 71.2 Å². The third kappa shape index (κ3) is 3.10. The van der Waals surface area contributed by atoms with E-state index >= 15 is 0 Å². The van der Waals surface area contributed by atoms with Crippen LogP contribution in [0.15, 0.2) is 0 Å². The zero-order valence-electron chi connectivity index (χ0n) is 12.3. The van der Waals surface area contributed by atoms with Crippen molar-refractivity contribution in [3.63, 3.8) is 0 Å². The summed E-state index contributed by atoms with van der Waals surface area (Å²) < 4.78 is 5.31. The van der Waals surface area contributed by atoms with Gasteiger partial charge in [0.15, 0.2) is 5.78 Å². The lowest BCUT2D eigenvalue weighted by molar-refractivity contribution is 0.0949. The number of hydrogen-bond donors (Lipinski definition) is 2. The van der Waals surface area contributed by atoms with E-state index < -0.39 is 0 Å². The largest absolute Gasteiger partial charge is 0.381 e. The predicted molar refractivity (Wildman–Crippen MR) is 76.1 cm³/mol. The number of carbonyl (C=O) groups is 2. The number of hydrogen-bond acceptors (Lipinski definition) is 3. The van der Waals surface area contributed by atoms with Crippen molar-refractivity contribution >= 4 is 11.7 Å². The molecule has 1 aliphatic heterocycles. The fourth-order valence-electron chi connectivity index (χ4n) is 2.73. The van der Waals surface area contributed by atoms with Crippen LogP contribution in [0.4, 0.5) is 0 Å². The van der Waals surface area contributed by atoms with Crippen molar-refractivity contribution in [2.75, 3.05) is 19.8 Å². The molecule has 1 amide bonds. The molecule has 1 aromatic heterocycles. The highest BCUT2D eigenvalue weighted by Gasteiger charge is 2.20. The smallest absolute Gasteiger partial charge is 0.253 e. The number of aryl methyl sites for hydroxylation is 1. The lowest BCUT2D eigenvalue weighted by atomic mass is 10.0. The molecule has 1 unspecified atom stereocenters. The van der Waals surface area contributed by atoms with Crippen LogP contribution in [0.2, 0.25) is 0 Å². The van der Waals surface area contributed by atoms with Crippen LogP contribution in [0, 0.1) is 19.8 Å². The summed E-state index contributed by atoms with van der Waals surface area (Å²) >= 11 is 0. The van der Waals surface area contributed by atoms with E-state index in [9.17, 15) is 9.59 Å². The highest BCUT2D eigenvalue weighted by molar-refractivity contribution is 6.02. The molecule has 0 saturated carbocycles. The van der Waals surface area contributed by atoms with Crippen LogP contribution in [-0.4, -0.2) is 36.4 Å². The summed E-state index contributed by atoms with van der Waals surface area (Å²) in [5, 5.41) is 2.93. The molecule has 2 rings (SSSR count). The third-order valence-electron chi connectivity index (χ3n) is 3.88. The van der Waals surface area contributed by atoms with Gasteiger partial charge in [-0.2, -0.15) is 0 Å². The Morgan fingerprint density at radius 1 is 1.40 bits per heavy atom. The van der Waals surface area contributed by atoms with Crippen LogP contribution >= 0.6 is 0 Å². The average molecular weight is 278 g/mol. The van der Waals surface area contributed by atoms with Crippen LogP contribution in [0.1, 0.15) is 51.9 Å². The van der Waals surface area contributed by atoms with Crippen molar-refractivity contribution in [2.24, 2.45) is 5.92 Å². The standard InChI is InChI=1S/C15H22N2O3/c1-9-13(10(2)17-14(9)11(3)18)15(19)16-6-4-12-5-7-20-8-12/h12,17H,4-8H2,1-3H3,(H,16,19). The minimum atomic E-state index is -0.109. The van der Waals surface area contributed by atoms with Crippen LogP contribution in [0.25, 0.3) is 0 Å². The summed E-state index contributed by atoms with van der Waals surface area (Å²) in [7, 11) is 0. The summed E-state index contributed by atoms with van der Waals surface area (Å²) in [6.07, 6.45) is 2.01. The molecule has 0 spiro atoms. The van der Waals surface area contributed by atoms with Crippen molar-refractivity contribution in [1.29, 1.82) is 0 Å². The summed E-state index contributed by atoms with van der Waals surface area (Å²) in [5.41, 5.74) is 2.60. The number of carbonyl (C=O) groups excluding carboxylic acids is 2. The van der Waals surface area contributed by atoms with Gasteiger partial charge in [-0.05, 0) is 38.2 Å². The Morgan fingerprint density at radius 3 is 2.70 bits per heavy atom. The molecule has 1 fully saturated rings. The Bertz CT molecular complexity index is 513. The van der Waals surface area contributed by atoms with E-state index in [1.54, 1.807) is 6.92 Å². The highest BCUT2D eigenvalue weighted by Crippen LogP contribution is 2.19. The van der Waals surface area contributed by atoms with Gasteiger partial charge in [-0.1, -0.05) is 0 Å². The molecule has 0 aliphatic carbocycles. The maximum atomic E-state index is 12.2. The molecule has 0 bridgehead atoms. The minimum Gasteiger partial charge on any atom is -0.381 e. The quantitative estimate of drug-likeness (QED) is 0.809. The molecule has 20 heavy (non-hydrogen) atoms. The van der Waals surface area contributed by atoms with Gasteiger partial charge < -0.3 is 15.0 Å². The van der Waals surface area contributed by atoms with Crippen LogP contribution in [-0.2, 0) is 4.74 Å². The first kappa shape index (κ1) is 14.8. The summed E-state index contributed by atoms with van der Waals surface area (Å²) in [5.74, 6) is 0.395. The van der Waals surface area contributed by atoms with Crippen molar-refractivity contribution in [3.8, 4) is 0 Å². The van der Waals surface area contributed by atoms with Gasteiger partial charge in [-0.25, -0.2) is 0 Å². The number of aromatic nitrogens is 1. The first-order chi connectivity index (χ1) is 9.50. The Morgan fingerprint density at radius 2 is 2.15 bits per heavy atom. The van der Waals surface area contributed by atoms with E-state index in [1.807, 2.05) is 6.92 Å². The van der Waals surface area contributed by atoms with Gasteiger partial charge in [0.05, 0.1) is 11.3 Å². The number of H-pyrrole nitrogens is 1. The highest BCUT2D eigenvalue weighted by atomic mass is 16.5. The second kappa shape index (κ2) is 6.22. The van der Waals surface area contributed by atoms with E-state index in [1.165, 1.54) is 6.92 Å². The number of Topliss-reactive ketones (excluding diaryl/α,β-unsaturated/α-hetero) is 1. The Kier molecular flexibility index (Phi) is 4.60. The van der Waals surface area contributed by atoms with Crippen LogP contribution in [0.3, 0.4) is 0 Å². The SMILES string of the molecule is CC(=O)c1[nH]c(C)c(C(=O)NCCC2CCOC2)c1C. The minimum absolute atomic E-state index is 0.0484. The van der Waals surface area contributed by atoms with Gasteiger partial charge >= 0.3 is 0 Å². The zero-order chi connectivity index (χ0) is 14.7. The fourth-order valence-corrected chi connectivity index (χ4v) is 2.73. The molecule has 1 aromatic rings. The molecule has 2 N–H and O–H groups in total. The molecule has 110 valence electrons. The molecule has 0 aromatic carbocycles. The second-order valence-corrected chi connectivity index (χ2v) is 5.46. The first-order valence-electron chi connectivity index (χ1n) is 7.06. The molecule has 5 heteroatoms. The van der Waals surface area contributed by atoms with Crippen molar-refractivity contribution in [1.82, 2.24) is 10.3 Å². The number of aromatic amines is 1. The van der Waals surface area contributed by atoms with Gasteiger partial charge in [0.1, 0.15) is 0 Å².